The summed E-state index contributed by atoms with van der Waals surface area (Å²) in [5.74, 6) is 0.811. The summed E-state index contributed by atoms with van der Waals surface area (Å²) in [6.45, 7) is 5.16. The molecule has 0 spiro atoms. The lowest BCUT2D eigenvalue weighted by Crippen LogP contribution is -2.35. The normalized spacial score (nSPS) is 22.0. The second-order valence-electron chi connectivity index (χ2n) is 7.17. The Morgan fingerprint density at radius 2 is 2.07 bits per heavy atom. The van der Waals surface area contributed by atoms with Gasteiger partial charge in [-0.05, 0) is 44.4 Å². The molecule has 1 aromatic carbocycles. The number of ether oxygens (including phenoxy) is 2. The van der Waals surface area contributed by atoms with Gasteiger partial charge in [-0.3, -0.25) is 0 Å². The van der Waals surface area contributed by atoms with E-state index in [0.29, 0.717) is 24.8 Å². The number of nitrogens with zero attached hydrogens (tertiary/aromatic N) is 3. The summed E-state index contributed by atoms with van der Waals surface area (Å²) in [7, 11) is -3.45. The van der Waals surface area contributed by atoms with Gasteiger partial charge in [0.2, 0.25) is 10.0 Å². The molecule has 4 rings (SSSR count). The van der Waals surface area contributed by atoms with Crippen LogP contribution in [0, 0.1) is 0 Å². The number of aromatic nitrogens is 2. The smallest absolute Gasteiger partial charge is 0.243 e. The lowest BCUT2D eigenvalue weighted by Gasteiger charge is -2.25. The van der Waals surface area contributed by atoms with Crippen LogP contribution in [-0.4, -0.2) is 60.6 Å². The number of rotatable bonds is 6. The molecule has 0 N–H and O–H groups in total. The van der Waals surface area contributed by atoms with Gasteiger partial charge in [0.05, 0.1) is 28.6 Å². The lowest BCUT2D eigenvalue weighted by atomic mass is 10.2. The third-order valence-electron chi connectivity index (χ3n) is 5.32. The van der Waals surface area contributed by atoms with Gasteiger partial charge in [-0.15, -0.1) is 0 Å². The molecule has 7 nitrogen and oxygen atoms in total. The first kappa shape index (κ1) is 20.2. The molecule has 3 heterocycles. The van der Waals surface area contributed by atoms with Crippen molar-refractivity contribution in [3.05, 3.63) is 18.2 Å². The number of fused-ring (bicyclic) bond motifs is 1. The maximum Gasteiger partial charge on any atom is 0.243 e. The van der Waals surface area contributed by atoms with Crippen LogP contribution in [0.25, 0.3) is 11.0 Å². The molecule has 2 aliphatic heterocycles. The summed E-state index contributed by atoms with van der Waals surface area (Å²) in [6, 6.07) is 5.33. The van der Waals surface area contributed by atoms with Crippen LogP contribution < -0.4 is 0 Å². The molecule has 28 heavy (non-hydrogen) atoms. The van der Waals surface area contributed by atoms with E-state index in [9.17, 15) is 8.42 Å². The van der Waals surface area contributed by atoms with Crippen LogP contribution >= 0.6 is 11.8 Å². The number of sulfonamides is 1. The van der Waals surface area contributed by atoms with Crippen molar-refractivity contribution >= 4 is 32.8 Å². The molecule has 1 aromatic heterocycles. The summed E-state index contributed by atoms with van der Waals surface area (Å²) in [5.41, 5.74) is 1.70. The Kier molecular flexibility index (Phi) is 6.27. The topological polar surface area (TPSA) is 73.7 Å². The second-order valence-corrected chi connectivity index (χ2v) is 10.1. The van der Waals surface area contributed by atoms with Crippen molar-refractivity contribution < 1.29 is 17.9 Å². The molecule has 0 aliphatic carbocycles. The quantitative estimate of drug-likeness (QED) is 0.662. The summed E-state index contributed by atoms with van der Waals surface area (Å²) in [4.78, 5) is 5.08. The zero-order valence-corrected chi connectivity index (χ0v) is 17.8. The maximum atomic E-state index is 13.0. The maximum absolute atomic E-state index is 13.0. The Morgan fingerprint density at radius 3 is 2.79 bits per heavy atom. The highest BCUT2D eigenvalue weighted by Crippen LogP contribution is 2.29. The van der Waals surface area contributed by atoms with Gasteiger partial charge < -0.3 is 14.0 Å². The molecule has 0 amide bonds. The minimum Gasteiger partial charge on any atom is -0.355 e. The molecular weight excluding hydrogens is 398 g/mol. The molecule has 154 valence electrons. The number of hydrogen-bond acceptors (Lipinski definition) is 6. The molecule has 0 saturated carbocycles. The third kappa shape index (κ3) is 4.09. The van der Waals surface area contributed by atoms with Crippen molar-refractivity contribution in [3.63, 3.8) is 0 Å². The minimum absolute atomic E-state index is 0.166. The van der Waals surface area contributed by atoms with E-state index < -0.39 is 10.0 Å². The fourth-order valence-electron chi connectivity index (χ4n) is 3.72. The van der Waals surface area contributed by atoms with Crippen molar-refractivity contribution in [2.45, 2.75) is 55.3 Å². The van der Waals surface area contributed by atoms with Gasteiger partial charge in [0.1, 0.15) is 6.79 Å². The molecule has 2 aliphatic rings. The zero-order valence-electron chi connectivity index (χ0n) is 16.2. The summed E-state index contributed by atoms with van der Waals surface area (Å²) in [6.07, 6.45) is 4.02. The number of aryl methyl sites for hydroxylation is 1. The SMILES string of the molecule is CCn1c(SC[C@@H]2CCOCO2)nc2cc(S(=O)(=O)N3CCCCC3)ccc21. The first-order valence-corrected chi connectivity index (χ1v) is 12.3. The largest absolute Gasteiger partial charge is 0.355 e. The van der Waals surface area contributed by atoms with Crippen molar-refractivity contribution in [2.24, 2.45) is 0 Å². The van der Waals surface area contributed by atoms with Gasteiger partial charge >= 0.3 is 0 Å². The molecule has 2 saturated heterocycles. The van der Waals surface area contributed by atoms with Crippen LogP contribution in [0.5, 0.6) is 0 Å². The average molecular weight is 426 g/mol. The molecular formula is C19H27N3O4S2. The summed E-state index contributed by atoms with van der Waals surface area (Å²) >= 11 is 1.66. The highest BCUT2D eigenvalue weighted by atomic mass is 32.2. The predicted molar refractivity (Wildman–Crippen MR) is 109 cm³/mol. The summed E-state index contributed by atoms with van der Waals surface area (Å²) < 4.78 is 40.5. The van der Waals surface area contributed by atoms with Crippen LogP contribution in [0.1, 0.15) is 32.6 Å². The van der Waals surface area contributed by atoms with E-state index in [4.69, 9.17) is 14.5 Å². The van der Waals surface area contributed by atoms with Crippen molar-refractivity contribution in [1.82, 2.24) is 13.9 Å². The molecule has 9 heteroatoms. The van der Waals surface area contributed by atoms with Gasteiger partial charge in [0.15, 0.2) is 5.16 Å². The predicted octanol–water partition coefficient (Wildman–Crippen LogP) is 3.09. The monoisotopic (exact) mass is 425 g/mol. The van der Waals surface area contributed by atoms with E-state index in [1.165, 1.54) is 0 Å². The number of hydrogen-bond donors (Lipinski definition) is 0. The Hall–Kier alpha value is -1.13. The van der Waals surface area contributed by atoms with Crippen LogP contribution in [-0.2, 0) is 26.0 Å². The highest BCUT2D eigenvalue weighted by molar-refractivity contribution is 7.99. The third-order valence-corrected chi connectivity index (χ3v) is 8.33. The van der Waals surface area contributed by atoms with Gasteiger partial charge in [-0.25, -0.2) is 13.4 Å². The van der Waals surface area contributed by atoms with Crippen LogP contribution in [0.2, 0.25) is 0 Å². The number of thioether (sulfide) groups is 1. The van der Waals surface area contributed by atoms with E-state index in [1.807, 2.05) is 6.07 Å². The van der Waals surface area contributed by atoms with Crippen molar-refractivity contribution in [3.8, 4) is 0 Å². The van der Waals surface area contributed by atoms with Crippen LogP contribution in [0.3, 0.4) is 0 Å². The van der Waals surface area contributed by atoms with Crippen molar-refractivity contribution in [2.75, 3.05) is 32.2 Å². The molecule has 0 unspecified atom stereocenters. The van der Waals surface area contributed by atoms with Gasteiger partial charge in [0, 0.05) is 25.4 Å². The molecule has 1 atom stereocenters. The first-order valence-electron chi connectivity index (χ1n) is 9.92. The Labute approximate surface area is 170 Å². The van der Waals surface area contributed by atoms with Crippen LogP contribution in [0.4, 0.5) is 0 Å². The van der Waals surface area contributed by atoms with E-state index >= 15 is 0 Å². The van der Waals surface area contributed by atoms with E-state index in [1.54, 1.807) is 28.2 Å². The fraction of sp³-hybridized carbons (Fsp3) is 0.632. The Balaban J connectivity index is 1.58. The number of piperidine rings is 1. The van der Waals surface area contributed by atoms with Gasteiger partial charge in [-0.2, -0.15) is 4.31 Å². The van der Waals surface area contributed by atoms with Gasteiger partial charge in [0.25, 0.3) is 0 Å². The van der Waals surface area contributed by atoms with Gasteiger partial charge in [-0.1, -0.05) is 18.2 Å². The molecule has 2 aromatic rings. The number of imidazole rings is 1. The second kappa shape index (κ2) is 8.71. The standard InChI is InChI=1S/C19H27N3O4S2/c1-2-22-18-7-6-16(28(23,24)21-9-4-3-5-10-21)12-17(18)20-19(22)27-13-15-8-11-25-14-26-15/h6-7,12,15H,2-5,8-11,13-14H2,1H3/t15-/m0/s1. The van der Waals surface area contributed by atoms with Crippen molar-refractivity contribution in [1.29, 1.82) is 0 Å². The van der Waals surface area contributed by atoms with E-state index in [-0.39, 0.29) is 6.10 Å². The number of benzene rings is 1. The average Bonchev–Trinajstić information content (AvgIpc) is 3.10. The minimum atomic E-state index is -3.45. The first-order chi connectivity index (χ1) is 13.6. The molecule has 2 fully saturated rings. The fourth-order valence-corrected chi connectivity index (χ4v) is 6.40. The summed E-state index contributed by atoms with van der Waals surface area (Å²) in [5, 5.41) is 0.903. The van der Waals surface area contributed by atoms with E-state index in [0.717, 1.165) is 60.8 Å². The molecule has 0 bridgehead atoms. The van der Waals surface area contributed by atoms with E-state index in [2.05, 4.69) is 11.5 Å². The molecule has 0 radical (unpaired) electrons. The highest BCUT2D eigenvalue weighted by Gasteiger charge is 2.27. The zero-order chi connectivity index (χ0) is 19.6. The Bertz CT molecular complexity index is 917. The Morgan fingerprint density at radius 1 is 1.25 bits per heavy atom. The van der Waals surface area contributed by atoms with Crippen LogP contribution in [0.15, 0.2) is 28.3 Å². The lowest BCUT2D eigenvalue weighted by molar-refractivity contribution is -0.130.